The van der Waals surface area contributed by atoms with Gasteiger partial charge < -0.3 is 14.7 Å². The summed E-state index contributed by atoms with van der Waals surface area (Å²) in [5, 5.41) is 11.1. The lowest BCUT2D eigenvalue weighted by atomic mass is 9.95. The average Bonchev–Trinajstić information content (AvgIpc) is 3.05. The van der Waals surface area contributed by atoms with E-state index in [-0.39, 0.29) is 17.9 Å². The molecule has 0 bridgehead atoms. The number of aliphatic hydroxyl groups excluding tert-OH is 1. The molecule has 4 rings (SSSR count). The highest BCUT2D eigenvalue weighted by Crippen LogP contribution is 2.40. The Labute approximate surface area is 184 Å². The summed E-state index contributed by atoms with van der Waals surface area (Å²) in [4.78, 5) is 31.4. The standard InChI is InChI=1S/C25H21FN2O4/c1-2-32-20-11-7-18(8-12-20)23(29)21-22(17-5-9-19(26)10-6-17)28(25(31)24(21)30)15-16-4-3-13-27-14-16/h3-14,22,29H,2,15H2,1H3/b23-21+. The van der Waals surface area contributed by atoms with Gasteiger partial charge in [0.1, 0.15) is 17.3 Å². The molecule has 1 atom stereocenters. The van der Waals surface area contributed by atoms with Gasteiger partial charge in [-0.1, -0.05) is 18.2 Å². The van der Waals surface area contributed by atoms with E-state index in [9.17, 15) is 19.1 Å². The fourth-order valence-electron chi connectivity index (χ4n) is 3.75. The summed E-state index contributed by atoms with van der Waals surface area (Å²) in [5.41, 5.74) is 1.57. The number of aliphatic hydroxyl groups is 1. The minimum absolute atomic E-state index is 0.0466. The van der Waals surface area contributed by atoms with Crippen molar-refractivity contribution in [2.24, 2.45) is 0 Å². The predicted molar refractivity (Wildman–Crippen MR) is 116 cm³/mol. The Balaban J connectivity index is 1.81. The molecular formula is C25H21FN2O4. The monoisotopic (exact) mass is 432 g/mol. The zero-order chi connectivity index (χ0) is 22.7. The summed E-state index contributed by atoms with van der Waals surface area (Å²) in [6.45, 7) is 2.47. The van der Waals surface area contributed by atoms with Crippen LogP contribution in [0.1, 0.15) is 29.7 Å². The number of benzene rings is 2. The van der Waals surface area contributed by atoms with E-state index in [1.807, 2.05) is 6.92 Å². The molecule has 32 heavy (non-hydrogen) atoms. The molecule has 1 fully saturated rings. The van der Waals surface area contributed by atoms with Gasteiger partial charge in [-0.05, 0) is 60.5 Å². The molecule has 1 amide bonds. The molecule has 2 aromatic carbocycles. The second-order valence-electron chi connectivity index (χ2n) is 7.30. The number of halogens is 1. The molecule has 1 aromatic heterocycles. The van der Waals surface area contributed by atoms with Crippen LogP contribution in [0.25, 0.3) is 5.76 Å². The normalized spacial score (nSPS) is 17.6. The molecule has 1 saturated heterocycles. The van der Waals surface area contributed by atoms with Crippen molar-refractivity contribution in [1.29, 1.82) is 0 Å². The molecular weight excluding hydrogens is 411 g/mol. The quantitative estimate of drug-likeness (QED) is 0.358. The first kappa shape index (κ1) is 21.2. The lowest BCUT2D eigenvalue weighted by Gasteiger charge is -2.25. The summed E-state index contributed by atoms with van der Waals surface area (Å²) in [5.74, 6) is -1.65. The van der Waals surface area contributed by atoms with Gasteiger partial charge in [0.2, 0.25) is 0 Å². The fraction of sp³-hybridized carbons (Fsp3) is 0.160. The highest BCUT2D eigenvalue weighted by Gasteiger charge is 2.46. The van der Waals surface area contributed by atoms with Crippen molar-refractivity contribution in [3.8, 4) is 5.75 Å². The van der Waals surface area contributed by atoms with Crippen LogP contribution < -0.4 is 4.74 Å². The molecule has 1 unspecified atom stereocenters. The van der Waals surface area contributed by atoms with Gasteiger partial charge in [-0.2, -0.15) is 0 Å². The zero-order valence-corrected chi connectivity index (χ0v) is 17.4. The van der Waals surface area contributed by atoms with Gasteiger partial charge in [0.15, 0.2) is 0 Å². The average molecular weight is 432 g/mol. The smallest absolute Gasteiger partial charge is 0.295 e. The van der Waals surface area contributed by atoms with Crippen LogP contribution in [0.4, 0.5) is 4.39 Å². The number of hydrogen-bond donors (Lipinski definition) is 1. The van der Waals surface area contributed by atoms with E-state index in [0.717, 1.165) is 5.56 Å². The first-order chi connectivity index (χ1) is 15.5. The van der Waals surface area contributed by atoms with E-state index in [0.29, 0.717) is 23.5 Å². The van der Waals surface area contributed by atoms with Crippen molar-refractivity contribution in [2.75, 3.05) is 6.61 Å². The van der Waals surface area contributed by atoms with Crippen LogP contribution in [0.5, 0.6) is 5.75 Å². The third-order valence-corrected chi connectivity index (χ3v) is 5.24. The molecule has 1 aliphatic heterocycles. The summed E-state index contributed by atoms with van der Waals surface area (Å²) in [7, 11) is 0. The number of rotatable bonds is 6. The Hall–Kier alpha value is -4.00. The van der Waals surface area contributed by atoms with Crippen LogP contribution in [0.15, 0.2) is 78.6 Å². The van der Waals surface area contributed by atoms with E-state index < -0.39 is 23.5 Å². The highest BCUT2D eigenvalue weighted by molar-refractivity contribution is 6.46. The van der Waals surface area contributed by atoms with Crippen molar-refractivity contribution < 1.29 is 23.8 Å². The predicted octanol–water partition coefficient (Wildman–Crippen LogP) is 4.24. The van der Waals surface area contributed by atoms with Gasteiger partial charge in [0.25, 0.3) is 11.7 Å². The maximum atomic E-state index is 13.6. The molecule has 1 aliphatic rings. The van der Waals surface area contributed by atoms with Gasteiger partial charge in [-0.25, -0.2) is 4.39 Å². The van der Waals surface area contributed by atoms with Crippen LogP contribution in [0.3, 0.4) is 0 Å². The van der Waals surface area contributed by atoms with E-state index in [4.69, 9.17) is 4.74 Å². The molecule has 6 nitrogen and oxygen atoms in total. The largest absolute Gasteiger partial charge is 0.507 e. The molecule has 7 heteroatoms. The number of Topliss-reactive ketones (excluding diaryl/α,β-unsaturated/α-hetero) is 1. The molecule has 2 heterocycles. The summed E-state index contributed by atoms with van der Waals surface area (Å²) >= 11 is 0. The van der Waals surface area contributed by atoms with Gasteiger partial charge in [0.05, 0.1) is 18.2 Å². The second-order valence-corrected chi connectivity index (χ2v) is 7.30. The van der Waals surface area contributed by atoms with Gasteiger partial charge >= 0.3 is 0 Å². The van der Waals surface area contributed by atoms with Crippen molar-refractivity contribution in [1.82, 2.24) is 9.88 Å². The van der Waals surface area contributed by atoms with Gasteiger partial charge in [-0.15, -0.1) is 0 Å². The van der Waals surface area contributed by atoms with E-state index >= 15 is 0 Å². The molecule has 0 saturated carbocycles. The number of hydrogen-bond acceptors (Lipinski definition) is 5. The Morgan fingerprint density at radius 2 is 1.81 bits per heavy atom. The van der Waals surface area contributed by atoms with Crippen LogP contribution >= 0.6 is 0 Å². The number of ketones is 1. The lowest BCUT2D eigenvalue weighted by Crippen LogP contribution is -2.29. The molecule has 162 valence electrons. The Kier molecular flexibility index (Phi) is 5.98. The number of aromatic nitrogens is 1. The van der Waals surface area contributed by atoms with Crippen LogP contribution in [-0.4, -0.2) is 33.3 Å². The lowest BCUT2D eigenvalue weighted by molar-refractivity contribution is -0.140. The molecule has 0 spiro atoms. The third kappa shape index (κ3) is 4.09. The number of ether oxygens (including phenoxy) is 1. The zero-order valence-electron chi connectivity index (χ0n) is 17.4. The summed E-state index contributed by atoms with van der Waals surface area (Å²) in [6.07, 6.45) is 3.22. The number of carbonyl (C=O) groups excluding carboxylic acids is 2. The SMILES string of the molecule is CCOc1ccc(/C(O)=C2\C(=O)C(=O)N(Cc3cccnc3)C2c2ccc(F)cc2)cc1. The van der Waals surface area contributed by atoms with Crippen LogP contribution in [-0.2, 0) is 16.1 Å². The Morgan fingerprint density at radius 3 is 2.44 bits per heavy atom. The number of amides is 1. The third-order valence-electron chi connectivity index (χ3n) is 5.24. The van der Waals surface area contributed by atoms with Crippen molar-refractivity contribution in [2.45, 2.75) is 19.5 Å². The number of likely N-dealkylation sites (tertiary alicyclic amines) is 1. The van der Waals surface area contributed by atoms with E-state index in [1.165, 1.54) is 29.2 Å². The highest BCUT2D eigenvalue weighted by atomic mass is 19.1. The first-order valence-electron chi connectivity index (χ1n) is 10.2. The molecule has 0 radical (unpaired) electrons. The summed E-state index contributed by atoms with van der Waals surface area (Å²) < 4.78 is 19.0. The molecule has 0 aliphatic carbocycles. The first-order valence-corrected chi connectivity index (χ1v) is 10.2. The molecule has 3 aromatic rings. The topological polar surface area (TPSA) is 79.7 Å². The minimum Gasteiger partial charge on any atom is -0.507 e. The van der Waals surface area contributed by atoms with Crippen LogP contribution in [0.2, 0.25) is 0 Å². The summed E-state index contributed by atoms with van der Waals surface area (Å²) in [6, 6.07) is 14.8. The Bertz CT molecular complexity index is 1160. The van der Waals surface area contributed by atoms with Crippen molar-refractivity contribution in [3.05, 3.63) is 101 Å². The fourth-order valence-corrected chi connectivity index (χ4v) is 3.75. The maximum absolute atomic E-state index is 13.6. The van der Waals surface area contributed by atoms with Crippen LogP contribution in [0, 0.1) is 5.82 Å². The number of carbonyl (C=O) groups is 2. The van der Waals surface area contributed by atoms with Crippen molar-refractivity contribution >= 4 is 17.4 Å². The Morgan fingerprint density at radius 1 is 1.09 bits per heavy atom. The second kappa shape index (κ2) is 9.01. The maximum Gasteiger partial charge on any atom is 0.295 e. The van der Waals surface area contributed by atoms with Gasteiger partial charge in [-0.3, -0.25) is 14.6 Å². The molecule has 1 N–H and O–H groups in total. The van der Waals surface area contributed by atoms with E-state index in [2.05, 4.69) is 4.98 Å². The van der Waals surface area contributed by atoms with E-state index in [1.54, 1.807) is 48.8 Å². The number of nitrogens with zero attached hydrogens (tertiary/aromatic N) is 2. The van der Waals surface area contributed by atoms with Crippen molar-refractivity contribution in [3.63, 3.8) is 0 Å². The van der Waals surface area contributed by atoms with Gasteiger partial charge in [0, 0.05) is 24.5 Å². The number of pyridine rings is 1. The minimum atomic E-state index is -0.873.